The molecule has 4 aromatic rings. The average molecular weight is 685 g/mol. The van der Waals surface area contributed by atoms with Gasteiger partial charge in [0.05, 0.1) is 34.6 Å². The predicted octanol–water partition coefficient (Wildman–Crippen LogP) is 5.05. The topological polar surface area (TPSA) is 161 Å². The molecule has 14 heteroatoms. The number of aromatic amines is 1. The van der Waals surface area contributed by atoms with Gasteiger partial charge in [0, 0.05) is 33.9 Å². The Morgan fingerprint density at radius 3 is 2.29 bits per heavy atom. The zero-order valence-corrected chi connectivity index (χ0v) is 27.0. The van der Waals surface area contributed by atoms with Gasteiger partial charge in [0.15, 0.2) is 6.61 Å². The monoisotopic (exact) mass is 684 g/mol. The number of methoxy groups -OCH3 is 1. The lowest BCUT2D eigenvalue weighted by molar-refractivity contribution is -0.384. The zero-order valence-electron chi connectivity index (χ0n) is 25.4. The van der Waals surface area contributed by atoms with Crippen LogP contribution in [0.15, 0.2) is 82.6 Å². The van der Waals surface area contributed by atoms with Crippen LogP contribution in [0.5, 0.6) is 11.5 Å². The van der Waals surface area contributed by atoms with Crippen molar-refractivity contribution in [2.75, 3.05) is 23.9 Å². The first-order valence-electron chi connectivity index (χ1n) is 15.4. The number of fused-ring (bicyclic) bond motifs is 9. The molecule has 2 aliphatic carbocycles. The molecule has 3 aromatic carbocycles. The van der Waals surface area contributed by atoms with Gasteiger partial charge >= 0.3 is 4.87 Å². The Kier molecular flexibility index (Phi) is 7.36. The van der Waals surface area contributed by atoms with E-state index < -0.39 is 16.8 Å². The van der Waals surface area contributed by atoms with E-state index in [1.54, 1.807) is 55.3 Å². The molecule has 1 saturated heterocycles. The predicted molar refractivity (Wildman–Crippen MR) is 178 cm³/mol. The highest BCUT2D eigenvalue weighted by molar-refractivity contribution is 8.00. The molecule has 0 spiro atoms. The average Bonchev–Trinajstić information content (AvgIpc) is 3.83. The van der Waals surface area contributed by atoms with E-state index in [4.69, 9.17) is 9.47 Å². The lowest BCUT2D eigenvalue weighted by atomic mass is 9.68. The Morgan fingerprint density at radius 1 is 0.958 bits per heavy atom. The van der Waals surface area contributed by atoms with Crippen molar-refractivity contribution in [1.82, 2.24) is 4.98 Å². The molecule has 2 aliphatic heterocycles. The summed E-state index contributed by atoms with van der Waals surface area (Å²) in [7, 11) is 1.57. The van der Waals surface area contributed by atoms with Gasteiger partial charge in [-0.05, 0) is 78.3 Å². The van der Waals surface area contributed by atoms with Crippen molar-refractivity contribution >= 4 is 57.9 Å². The van der Waals surface area contributed by atoms with E-state index in [1.807, 2.05) is 12.1 Å². The number of thioether (sulfide) groups is 1. The number of amides is 3. The van der Waals surface area contributed by atoms with Crippen LogP contribution in [0.1, 0.15) is 22.8 Å². The smallest absolute Gasteiger partial charge is 0.305 e. The van der Waals surface area contributed by atoms with Crippen LogP contribution in [0.25, 0.3) is 0 Å². The van der Waals surface area contributed by atoms with E-state index in [9.17, 15) is 29.3 Å². The molecule has 3 amide bonds. The number of anilines is 2. The third-order valence-corrected chi connectivity index (χ3v) is 12.6. The first-order valence-corrected chi connectivity index (χ1v) is 17.1. The fourth-order valence-electron chi connectivity index (χ4n) is 8.16. The van der Waals surface area contributed by atoms with Gasteiger partial charge in [-0.15, -0.1) is 11.8 Å². The van der Waals surface area contributed by atoms with Gasteiger partial charge in [0.1, 0.15) is 11.5 Å². The maximum absolute atomic E-state index is 13.9. The number of ether oxygens (including phenoxy) is 2. The van der Waals surface area contributed by atoms with E-state index >= 15 is 0 Å². The van der Waals surface area contributed by atoms with Gasteiger partial charge < -0.3 is 19.8 Å². The van der Waals surface area contributed by atoms with Gasteiger partial charge in [-0.3, -0.25) is 34.2 Å². The maximum Gasteiger partial charge on any atom is 0.305 e. The van der Waals surface area contributed by atoms with Gasteiger partial charge in [0.2, 0.25) is 11.8 Å². The summed E-state index contributed by atoms with van der Waals surface area (Å²) < 4.78 is 10.9. The van der Waals surface area contributed by atoms with Crippen molar-refractivity contribution in [2.24, 2.45) is 29.6 Å². The maximum atomic E-state index is 13.9. The fourth-order valence-corrected chi connectivity index (χ4v) is 11.0. The lowest BCUT2D eigenvalue weighted by Crippen LogP contribution is -2.42. The van der Waals surface area contributed by atoms with Gasteiger partial charge in [0.25, 0.3) is 11.6 Å². The quantitative estimate of drug-likeness (QED) is 0.147. The van der Waals surface area contributed by atoms with Crippen LogP contribution in [-0.2, 0) is 14.4 Å². The number of nitrogens with one attached hydrogen (secondary N) is 2. The molecule has 12 nitrogen and oxygen atoms in total. The number of rotatable bonds is 8. The van der Waals surface area contributed by atoms with Crippen molar-refractivity contribution in [1.29, 1.82) is 0 Å². The number of H-pyrrole nitrogens is 1. The molecular weight excluding hydrogens is 657 g/mol. The first kappa shape index (κ1) is 30.4. The number of hydrogen-bond acceptors (Lipinski definition) is 10. The minimum Gasteiger partial charge on any atom is -0.497 e. The highest BCUT2D eigenvalue weighted by atomic mass is 32.2. The molecule has 7 atom stereocenters. The number of nitro benzene ring substituents is 1. The number of benzene rings is 3. The SMILES string of the molecule is COc1ccc(NC(=O)COc2ccc([C@@H]3c4sc(=O)[nH]c4S[C@@H]4[C@@H]5C[C@@H]([C@@H]6C(=O)N(c7ccc([N+](=O)[O-])cc7)C(=O)[C@@H]56)[C@H]34)cc2)cc1. The van der Waals surface area contributed by atoms with Crippen molar-refractivity contribution in [2.45, 2.75) is 22.6 Å². The normalized spacial score (nSPS) is 26.5. The van der Waals surface area contributed by atoms with E-state index in [-0.39, 0.29) is 63.8 Å². The summed E-state index contributed by atoms with van der Waals surface area (Å²) in [6, 6.07) is 20.0. The second-order valence-electron chi connectivity index (χ2n) is 12.4. The summed E-state index contributed by atoms with van der Waals surface area (Å²) in [6.45, 7) is -0.187. The van der Waals surface area contributed by atoms with Crippen molar-refractivity contribution < 1.29 is 28.8 Å². The molecule has 2 bridgehead atoms. The van der Waals surface area contributed by atoms with E-state index in [2.05, 4.69) is 10.3 Å². The minimum atomic E-state index is -0.517. The number of carbonyl (C=O) groups is 3. The molecule has 3 fully saturated rings. The Balaban J connectivity index is 1.03. The minimum absolute atomic E-state index is 0.0100. The highest BCUT2D eigenvalue weighted by Crippen LogP contribution is 2.68. The molecular formula is C34H28N4O8S2. The number of imide groups is 1. The molecule has 4 aliphatic rings. The first-order chi connectivity index (χ1) is 23.2. The molecule has 1 aromatic heterocycles. The Hall–Kier alpha value is -4.95. The summed E-state index contributed by atoms with van der Waals surface area (Å²) in [4.78, 5) is 68.5. The van der Waals surface area contributed by atoms with Crippen LogP contribution in [-0.4, -0.2) is 46.6 Å². The third-order valence-electron chi connectivity index (χ3n) is 10.0. The van der Waals surface area contributed by atoms with Gasteiger partial charge in [-0.2, -0.15) is 0 Å². The van der Waals surface area contributed by atoms with Gasteiger partial charge in [-0.1, -0.05) is 23.5 Å². The Bertz CT molecular complexity index is 2010. The van der Waals surface area contributed by atoms with Crippen LogP contribution in [0.3, 0.4) is 0 Å². The lowest BCUT2D eigenvalue weighted by Gasteiger charge is -2.43. The molecule has 48 heavy (non-hydrogen) atoms. The number of nitro groups is 1. The van der Waals surface area contributed by atoms with Crippen LogP contribution >= 0.6 is 23.1 Å². The van der Waals surface area contributed by atoms with Crippen molar-refractivity contribution in [3.05, 3.63) is 103 Å². The Labute approximate surface area is 281 Å². The van der Waals surface area contributed by atoms with Crippen LogP contribution in [0.2, 0.25) is 0 Å². The fraction of sp³-hybridized carbons (Fsp3) is 0.294. The number of nitrogens with zero attached hydrogens (tertiary/aromatic N) is 2. The summed E-state index contributed by atoms with van der Waals surface area (Å²) >= 11 is 2.78. The molecule has 0 unspecified atom stereocenters. The highest BCUT2D eigenvalue weighted by Gasteiger charge is 2.69. The van der Waals surface area contributed by atoms with E-state index in [0.29, 0.717) is 22.9 Å². The summed E-state index contributed by atoms with van der Waals surface area (Å²) in [5.74, 6) is -0.906. The number of aromatic nitrogens is 1. The van der Waals surface area contributed by atoms with Crippen LogP contribution in [0.4, 0.5) is 17.1 Å². The molecule has 2 saturated carbocycles. The molecule has 3 heterocycles. The molecule has 8 rings (SSSR count). The second-order valence-corrected chi connectivity index (χ2v) is 14.6. The van der Waals surface area contributed by atoms with E-state index in [0.717, 1.165) is 21.9 Å². The number of non-ortho nitro benzene ring substituents is 1. The molecule has 2 N–H and O–H groups in total. The largest absolute Gasteiger partial charge is 0.497 e. The number of thiazole rings is 1. The number of hydrogen-bond donors (Lipinski definition) is 2. The molecule has 0 radical (unpaired) electrons. The van der Waals surface area contributed by atoms with Crippen molar-refractivity contribution in [3.63, 3.8) is 0 Å². The van der Waals surface area contributed by atoms with Crippen LogP contribution < -0.4 is 24.6 Å². The second kappa shape index (κ2) is 11.6. The summed E-state index contributed by atoms with van der Waals surface area (Å²) in [6.07, 6.45) is 0.740. The van der Waals surface area contributed by atoms with Gasteiger partial charge in [-0.25, -0.2) is 0 Å². The number of carbonyl (C=O) groups excluding carboxylic acids is 3. The summed E-state index contributed by atoms with van der Waals surface area (Å²) in [5, 5.41) is 14.8. The standard InChI is InChI=1S/C34H28N4O8S2/c1-45-20-12-4-17(5-13-20)35-24(39)15-46-21-10-2-16(3-11-21)25-26-22-14-23(29(26)47-31-30(25)48-34(42)36-31)28-27(22)32(40)37(33(28)41)18-6-8-19(9-7-18)38(43)44/h2-13,22-23,25-29H,14-15H2,1H3,(H,35,39)(H,36,42)/t22-,23-,25+,26-,27+,28+,29-/m1/s1. The van der Waals surface area contributed by atoms with Crippen molar-refractivity contribution in [3.8, 4) is 11.5 Å². The third kappa shape index (κ3) is 4.89. The Morgan fingerprint density at radius 2 is 1.62 bits per heavy atom. The zero-order chi connectivity index (χ0) is 33.3. The molecule has 244 valence electrons. The van der Waals surface area contributed by atoms with Crippen LogP contribution in [0, 0.1) is 39.7 Å². The summed E-state index contributed by atoms with van der Waals surface area (Å²) in [5.41, 5.74) is 1.81. The van der Waals surface area contributed by atoms with E-state index in [1.165, 1.54) is 40.5 Å².